The van der Waals surface area contributed by atoms with E-state index >= 15 is 0 Å². The molecule has 1 aromatic heterocycles. The Bertz CT molecular complexity index is 358. The zero-order chi connectivity index (χ0) is 13.0. The van der Waals surface area contributed by atoms with Crippen molar-refractivity contribution in [1.82, 2.24) is 14.7 Å². The number of hydrogen-bond donors (Lipinski definition) is 2. The van der Waals surface area contributed by atoms with Gasteiger partial charge in [-0.2, -0.15) is 5.10 Å². The highest BCUT2D eigenvalue weighted by atomic mass is 15.3. The normalized spacial score (nSPS) is 13.1. The molecule has 0 spiro atoms. The molecule has 1 atom stereocenters. The third kappa shape index (κ3) is 3.36. The second-order valence-corrected chi connectivity index (χ2v) is 4.64. The maximum atomic E-state index is 5.95. The van der Waals surface area contributed by atoms with Gasteiger partial charge in [0.25, 0.3) is 0 Å². The molecule has 0 radical (unpaired) electrons. The Morgan fingerprint density at radius 1 is 1.53 bits per heavy atom. The molecule has 98 valence electrons. The minimum Gasteiger partial charge on any atom is -0.394 e. The first-order valence-electron chi connectivity index (χ1n) is 6.20. The van der Waals surface area contributed by atoms with Gasteiger partial charge in [-0.3, -0.25) is 4.68 Å². The van der Waals surface area contributed by atoms with Crippen molar-refractivity contribution < 1.29 is 0 Å². The molecule has 1 rings (SSSR count). The van der Waals surface area contributed by atoms with Crippen LogP contribution in [-0.4, -0.2) is 40.9 Å². The molecule has 1 aromatic rings. The number of nitrogen functional groups attached to an aromatic ring is 1. The summed E-state index contributed by atoms with van der Waals surface area (Å²) in [4.78, 5) is 2.34. The lowest BCUT2D eigenvalue weighted by Crippen LogP contribution is -2.33. The van der Waals surface area contributed by atoms with E-state index in [0.717, 1.165) is 30.3 Å². The molecule has 3 N–H and O–H groups in total. The van der Waals surface area contributed by atoms with Crippen molar-refractivity contribution in [2.75, 3.05) is 31.2 Å². The zero-order valence-corrected chi connectivity index (χ0v) is 11.6. The molecule has 0 bridgehead atoms. The van der Waals surface area contributed by atoms with E-state index in [2.05, 4.69) is 36.2 Å². The minimum atomic E-state index is 0.613. The lowest BCUT2D eigenvalue weighted by molar-refractivity contribution is 0.261. The summed E-state index contributed by atoms with van der Waals surface area (Å²) < 4.78 is 1.80. The molecule has 5 heteroatoms. The van der Waals surface area contributed by atoms with Crippen LogP contribution in [-0.2, 0) is 7.05 Å². The van der Waals surface area contributed by atoms with E-state index < -0.39 is 0 Å². The number of nitrogens with one attached hydrogen (secondary N) is 1. The summed E-state index contributed by atoms with van der Waals surface area (Å²) >= 11 is 0. The Hall–Kier alpha value is -1.23. The standard InChI is InChI=1S/C12H25N5/c1-6-9(2)16(4)8-7-14-12-11(13)10(3)15-17(12)5/h9,14H,6-8,13H2,1-5H3. The topological polar surface area (TPSA) is 59.1 Å². The van der Waals surface area contributed by atoms with Gasteiger partial charge in [0, 0.05) is 26.2 Å². The Morgan fingerprint density at radius 2 is 2.18 bits per heavy atom. The van der Waals surface area contributed by atoms with Gasteiger partial charge in [0.1, 0.15) is 5.82 Å². The van der Waals surface area contributed by atoms with Gasteiger partial charge < -0.3 is 16.0 Å². The third-order valence-corrected chi connectivity index (χ3v) is 3.37. The van der Waals surface area contributed by atoms with E-state index in [1.807, 2.05) is 14.0 Å². The zero-order valence-electron chi connectivity index (χ0n) is 11.6. The summed E-state index contributed by atoms with van der Waals surface area (Å²) in [6, 6.07) is 0.613. The predicted octanol–water partition coefficient (Wildman–Crippen LogP) is 1.45. The van der Waals surface area contributed by atoms with E-state index in [9.17, 15) is 0 Å². The molecule has 1 heterocycles. The minimum absolute atomic E-state index is 0.613. The summed E-state index contributed by atoms with van der Waals surface area (Å²) in [7, 11) is 4.05. The number of aromatic nitrogens is 2. The molecule has 0 saturated heterocycles. The molecule has 0 saturated carbocycles. The summed E-state index contributed by atoms with van der Waals surface area (Å²) in [5.74, 6) is 0.917. The summed E-state index contributed by atoms with van der Waals surface area (Å²) in [6.07, 6.45) is 1.17. The highest BCUT2D eigenvalue weighted by Gasteiger charge is 2.10. The fourth-order valence-electron chi connectivity index (χ4n) is 1.77. The van der Waals surface area contributed by atoms with Crippen molar-refractivity contribution in [1.29, 1.82) is 0 Å². The van der Waals surface area contributed by atoms with Gasteiger partial charge >= 0.3 is 0 Å². The molecule has 0 fully saturated rings. The SMILES string of the molecule is CCC(C)N(C)CCNc1c(N)c(C)nn1C. The number of nitrogens with zero attached hydrogens (tertiary/aromatic N) is 3. The van der Waals surface area contributed by atoms with Crippen LogP contribution in [0.2, 0.25) is 0 Å². The van der Waals surface area contributed by atoms with Gasteiger partial charge in [0.15, 0.2) is 0 Å². The van der Waals surface area contributed by atoms with Gasteiger partial charge in [-0.1, -0.05) is 6.92 Å². The number of likely N-dealkylation sites (N-methyl/N-ethyl adjacent to an activating group) is 1. The molecule has 0 aliphatic heterocycles. The smallest absolute Gasteiger partial charge is 0.147 e. The highest BCUT2D eigenvalue weighted by molar-refractivity contribution is 5.64. The predicted molar refractivity (Wildman–Crippen MR) is 73.2 cm³/mol. The number of nitrogens with two attached hydrogens (primary N) is 1. The molecule has 0 aromatic carbocycles. The van der Waals surface area contributed by atoms with E-state index in [0.29, 0.717) is 6.04 Å². The maximum Gasteiger partial charge on any atom is 0.147 e. The number of rotatable bonds is 6. The van der Waals surface area contributed by atoms with Crippen LogP contribution in [0.1, 0.15) is 26.0 Å². The average Bonchev–Trinajstić information content (AvgIpc) is 2.54. The molecule has 0 aliphatic carbocycles. The summed E-state index contributed by atoms with van der Waals surface area (Å²) in [6.45, 7) is 8.24. The Kier molecular flexibility index (Phi) is 4.81. The van der Waals surface area contributed by atoms with Gasteiger partial charge in [-0.15, -0.1) is 0 Å². The quantitative estimate of drug-likeness (QED) is 0.789. The van der Waals surface area contributed by atoms with E-state index in [-0.39, 0.29) is 0 Å². The van der Waals surface area contributed by atoms with E-state index in [1.165, 1.54) is 6.42 Å². The van der Waals surface area contributed by atoms with Gasteiger partial charge in [-0.05, 0) is 27.3 Å². The first-order valence-corrected chi connectivity index (χ1v) is 6.20. The Morgan fingerprint density at radius 3 is 2.65 bits per heavy atom. The summed E-state index contributed by atoms with van der Waals surface area (Å²) in [5, 5.41) is 7.62. The molecular weight excluding hydrogens is 214 g/mol. The number of aryl methyl sites for hydroxylation is 2. The number of hydrogen-bond acceptors (Lipinski definition) is 4. The second kappa shape index (κ2) is 5.91. The van der Waals surface area contributed by atoms with Crippen LogP contribution in [0, 0.1) is 6.92 Å². The molecular formula is C12H25N5. The van der Waals surface area contributed by atoms with Crippen LogP contribution in [0.3, 0.4) is 0 Å². The summed E-state index contributed by atoms with van der Waals surface area (Å²) in [5.41, 5.74) is 7.58. The van der Waals surface area contributed by atoms with Crippen LogP contribution in [0.4, 0.5) is 11.5 Å². The van der Waals surface area contributed by atoms with Crippen molar-refractivity contribution >= 4 is 11.5 Å². The Labute approximate surface area is 104 Å². The fourth-order valence-corrected chi connectivity index (χ4v) is 1.77. The first-order chi connectivity index (χ1) is 7.97. The molecule has 5 nitrogen and oxygen atoms in total. The van der Waals surface area contributed by atoms with Gasteiger partial charge in [0.2, 0.25) is 0 Å². The molecule has 17 heavy (non-hydrogen) atoms. The highest BCUT2D eigenvalue weighted by Crippen LogP contribution is 2.20. The van der Waals surface area contributed by atoms with Crippen LogP contribution in [0.5, 0.6) is 0 Å². The lowest BCUT2D eigenvalue weighted by Gasteiger charge is -2.23. The average molecular weight is 239 g/mol. The van der Waals surface area contributed by atoms with Crippen LogP contribution in [0.25, 0.3) is 0 Å². The monoisotopic (exact) mass is 239 g/mol. The number of anilines is 2. The van der Waals surface area contributed by atoms with E-state index in [1.54, 1.807) is 4.68 Å². The van der Waals surface area contributed by atoms with Gasteiger partial charge in [0.05, 0.1) is 11.4 Å². The van der Waals surface area contributed by atoms with Crippen molar-refractivity contribution in [3.63, 3.8) is 0 Å². The molecule has 0 amide bonds. The third-order valence-electron chi connectivity index (χ3n) is 3.37. The lowest BCUT2D eigenvalue weighted by atomic mass is 10.2. The van der Waals surface area contributed by atoms with Crippen LogP contribution < -0.4 is 11.1 Å². The fraction of sp³-hybridized carbons (Fsp3) is 0.750. The van der Waals surface area contributed by atoms with Crippen LogP contribution >= 0.6 is 0 Å². The Balaban J connectivity index is 2.46. The van der Waals surface area contributed by atoms with Crippen molar-refractivity contribution in [2.45, 2.75) is 33.2 Å². The first kappa shape index (κ1) is 13.8. The molecule has 0 aliphatic rings. The maximum absolute atomic E-state index is 5.95. The molecule has 1 unspecified atom stereocenters. The van der Waals surface area contributed by atoms with E-state index in [4.69, 9.17) is 5.73 Å². The largest absolute Gasteiger partial charge is 0.394 e. The second-order valence-electron chi connectivity index (χ2n) is 4.64. The van der Waals surface area contributed by atoms with Crippen molar-refractivity contribution in [2.24, 2.45) is 7.05 Å². The van der Waals surface area contributed by atoms with Gasteiger partial charge in [-0.25, -0.2) is 0 Å². The van der Waals surface area contributed by atoms with Crippen molar-refractivity contribution in [3.8, 4) is 0 Å². The van der Waals surface area contributed by atoms with Crippen molar-refractivity contribution in [3.05, 3.63) is 5.69 Å². The van der Waals surface area contributed by atoms with Crippen LogP contribution in [0.15, 0.2) is 0 Å².